The SMILES string of the molecule is CCNC(=NCC(C)(O)c1ccco1)NCC(c1cccnc1)C(C)C.I. The topological polar surface area (TPSA) is 82.7 Å². The third kappa shape index (κ3) is 7.14. The third-order valence-electron chi connectivity index (χ3n) is 4.35. The van der Waals surface area contributed by atoms with E-state index in [9.17, 15) is 5.11 Å². The van der Waals surface area contributed by atoms with Crippen molar-refractivity contribution in [1.82, 2.24) is 15.6 Å². The van der Waals surface area contributed by atoms with Gasteiger partial charge in [-0.2, -0.15) is 0 Å². The van der Waals surface area contributed by atoms with E-state index in [0.717, 1.165) is 13.1 Å². The zero-order valence-electron chi connectivity index (χ0n) is 16.5. The molecule has 150 valence electrons. The number of hydrogen-bond acceptors (Lipinski definition) is 4. The molecule has 0 bridgehead atoms. The Morgan fingerprint density at radius 2 is 2.07 bits per heavy atom. The first-order valence-corrected chi connectivity index (χ1v) is 9.12. The van der Waals surface area contributed by atoms with Crippen LogP contribution in [0.1, 0.15) is 44.9 Å². The summed E-state index contributed by atoms with van der Waals surface area (Å²) >= 11 is 0. The van der Waals surface area contributed by atoms with Crippen LogP contribution < -0.4 is 10.6 Å². The molecule has 0 aliphatic heterocycles. The lowest BCUT2D eigenvalue weighted by atomic mass is 9.89. The van der Waals surface area contributed by atoms with E-state index in [1.165, 1.54) is 5.56 Å². The molecule has 27 heavy (non-hydrogen) atoms. The molecule has 0 saturated carbocycles. The predicted octanol–water partition coefficient (Wildman–Crippen LogP) is 3.50. The maximum Gasteiger partial charge on any atom is 0.191 e. The van der Waals surface area contributed by atoms with E-state index in [2.05, 4.69) is 40.5 Å². The summed E-state index contributed by atoms with van der Waals surface area (Å²) in [5, 5.41) is 17.2. The van der Waals surface area contributed by atoms with Gasteiger partial charge >= 0.3 is 0 Å². The van der Waals surface area contributed by atoms with Crippen LogP contribution in [0.4, 0.5) is 0 Å². The second kappa shape index (κ2) is 11.3. The summed E-state index contributed by atoms with van der Waals surface area (Å²) in [6, 6.07) is 7.58. The molecule has 0 saturated heterocycles. The minimum Gasteiger partial charge on any atom is -0.466 e. The molecule has 2 aromatic rings. The summed E-state index contributed by atoms with van der Waals surface area (Å²) in [6.07, 6.45) is 5.26. The normalized spacial score (nSPS) is 15.0. The van der Waals surface area contributed by atoms with Crippen molar-refractivity contribution in [2.45, 2.75) is 39.2 Å². The van der Waals surface area contributed by atoms with Crippen molar-refractivity contribution >= 4 is 29.9 Å². The molecule has 2 rings (SSSR count). The maximum absolute atomic E-state index is 10.6. The smallest absolute Gasteiger partial charge is 0.191 e. The molecule has 0 aliphatic rings. The van der Waals surface area contributed by atoms with Crippen molar-refractivity contribution in [2.75, 3.05) is 19.6 Å². The van der Waals surface area contributed by atoms with Gasteiger partial charge in [-0.15, -0.1) is 24.0 Å². The summed E-state index contributed by atoms with van der Waals surface area (Å²) in [5.74, 6) is 1.96. The molecule has 0 spiro atoms. The summed E-state index contributed by atoms with van der Waals surface area (Å²) < 4.78 is 5.31. The Kier molecular flexibility index (Phi) is 9.79. The summed E-state index contributed by atoms with van der Waals surface area (Å²) in [4.78, 5) is 8.77. The number of nitrogens with one attached hydrogen (secondary N) is 2. The second-order valence-corrected chi connectivity index (χ2v) is 6.96. The van der Waals surface area contributed by atoms with Gasteiger partial charge in [-0.05, 0) is 43.5 Å². The highest BCUT2D eigenvalue weighted by Crippen LogP contribution is 2.23. The van der Waals surface area contributed by atoms with Crippen LogP contribution in [-0.2, 0) is 5.60 Å². The van der Waals surface area contributed by atoms with Crippen molar-refractivity contribution in [3.63, 3.8) is 0 Å². The third-order valence-corrected chi connectivity index (χ3v) is 4.35. The first kappa shape index (κ1) is 23.4. The fourth-order valence-electron chi connectivity index (χ4n) is 2.78. The number of aliphatic hydroxyl groups is 1. The van der Waals surface area contributed by atoms with E-state index in [1.54, 1.807) is 31.5 Å². The van der Waals surface area contributed by atoms with Gasteiger partial charge in [0.1, 0.15) is 11.4 Å². The predicted molar refractivity (Wildman–Crippen MR) is 119 cm³/mol. The minimum atomic E-state index is -1.15. The summed E-state index contributed by atoms with van der Waals surface area (Å²) in [5.41, 5.74) is 0.0561. The maximum atomic E-state index is 10.6. The lowest BCUT2D eigenvalue weighted by Gasteiger charge is -2.24. The number of nitrogens with zero attached hydrogens (tertiary/aromatic N) is 2. The van der Waals surface area contributed by atoms with Gasteiger partial charge in [0.2, 0.25) is 0 Å². The molecule has 0 radical (unpaired) electrons. The van der Waals surface area contributed by atoms with Crippen molar-refractivity contribution in [3.05, 3.63) is 54.2 Å². The number of aromatic nitrogens is 1. The Morgan fingerprint density at radius 1 is 1.30 bits per heavy atom. The number of furan rings is 1. The molecule has 3 N–H and O–H groups in total. The van der Waals surface area contributed by atoms with E-state index < -0.39 is 5.60 Å². The fourth-order valence-corrected chi connectivity index (χ4v) is 2.78. The molecule has 2 heterocycles. The Labute approximate surface area is 178 Å². The number of hydrogen-bond donors (Lipinski definition) is 3. The van der Waals surface area contributed by atoms with Gasteiger partial charge in [0.25, 0.3) is 0 Å². The quantitative estimate of drug-likeness (QED) is 0.302. The molecule has 0 aromatic carbocycles. The molecule has 7 heteroatoms. The van der Waals surface area contributed by atoms with Crippen LogP contribution in [0.2, 0.25) is 0 Å². The van der Waals surface area contributed by atoms with Crippen molar-refractivity contribution < 1.29 is 9.52 Å². The van der Waals surface area contributed by atoms with Crippen LogP contribution >= 0.6 is 24.0 Å². The number of halogens is 1. The molecular formula is C20H31IN4O2. The summed E-state index contributed by atoms with van der Waals surface area (Å²) in [7, 11) is 0. The van der Waals surface area contributed by atoms with Gasteiger partial charge in [0, 0.05) is 31.4 Å². The average Bonchev–Trinajstić information content (AvgIpc) is 3.16. The van der Waals surface area contributed by atoms with E-state index in [4.69, 9.17) is 4.42 Å². The Morgan fingerprint density at radius 3 is 2.63 bits per heavy atom. The molecule has 0 amide bonds. The van der Waals surface area contributed by atoms with Crippen LogP contribution in [0.15, 0.2) is 52.3 Å². The molecule has 2 aromatic heterocycles. The molecular weight excluding hydrogens is 455 g/mol. The Balaban J connectivity index is 0.00000364. The van der Waals surface area contributed by atoms with Gasteiger partial charge in [-0.3, -0.25) is 4.98 Å². The van der Waals surface area contributed by atoms with E-state index in [-0.39, 0.29) is 30.5 Å². The first-order chi connectivity index (χ1) is 12.4. The molecule has 6 nitrogen and oxygen atoms in total. The van der Waals surface area contributed by atoms with Crippen LogP contribution in [0, 0.1) is 5.92 Å². The lowest BCUT2D eigenvalue weighted by molar-refractivity contribution is 0.0437. The molecule has 2 unspecified atom stereocenters. The van der Waals surface area contributed by atoms with Gasteiger partial charge in [-0.1, -0.05) is 19.9 Å². The average molecular weight is 486 g/mol. The van der Waals surface area contributed by atoms with E-state index in [0.29, 0.717) is 23.6 Å². The Bertz CT molecular complexity index is 673. The zero-order valence-corrected chi connectivity index (χ0v) is 18.8. The van der Waals surface area contributed by atoms with Crippen LogP contribution in [0.5, 0.6) is 0 Å². The molecule has 0 fully saturated rings. The van der Waals surface area contributed by atoms with Crippen molar-refractivity contribution in [1.29, 1.82) is 0 Å². The first-order valence-electron chi connectivity index (χ1n) is 9.12. The van der Waals surface area contributed by atoms with Gasteiger partial charge in [0.15, 0.2) is 5.96 Å². The highest BCUT2D eigenvalue weighted by Gasteiger charge is 2.26. The largest absolute Gasteiger partial charge is 0.466 e. The van der Waals surface area contributed by atoms with Crippen LogP contribution in [0.3, 0.4) is 0 Å². The number of rotatable bonds is 8. The molecule has 0 aliphatic carbocycles. The fraction of sp³-hybridized carbons (Fsp3) is 0.500. The highest BCUT2D eigenvalue weighted by atomic mass is 127. The number of aliphatic imine (C=N–C) groups is 1. The van der Waals surface area contributed by atoms with Gasteiger partial charge < -0.3 is 20.2 Å². The molecule has 2 atom stereocenters. The summed E-state index contributed by atoms with van der Waals surface area (Å²) in [6.45, 7) is 9.80. The standard InChI is InChI=1S/C20H30N4O2.HI/c1-5-22-19(24-14-20(4,25)18-9-7-11-26-18)23-13-17(15(2)3)16-8-6-10-21-12-16;/h6-12,15,17,25H,5,13-14H2,1-4H3,(H2,22,23,24);1H. The lowest BCUT2D eigenvalue weighted by Crippen LogP contribution is -2.41. The minimum absolute atomic E-state index is 0. The van der Waals surface area contributed by atoms with Gasteiger partial charge in [-0.25, -0.2) is 4.99 Å². The second-order valence-electron chi connectivity index (χ2n) is 6.96. The monoisotopic (exact) mass is 486 g/mol. The highest BCUT2D eigenvalue weighted by molar-refractivity contribution is 14.0. The number of pyridine rings is 1. The van der Waals surface area contributed by atoms with E-state index >= 15 is 0 Å². The van der Waals surface area contributed by atoms with Crippen LogP contribution in [-0.4, -0.2) is 35.7 Å². The van der Waals surface area contributed by atoms with E-state index in [1.807, 2.05) is 19.2 Å². The van der Waals surface area contributed by atoms with Crippen molar-refractivity contribution in [3.8, 4) is 0 Å². The van der Waals surface area contributed by atoms with Gasteiger partial charge in [0.05, 0.1) is 12.8 Å². The van der Waals surface area contributed by atoms with Crippen LogP contribution in [0.25, 0.3) is 0 Å². The Hall–Kier alpha value is -1.61. The van der Waals surface area contributed by atoms with Crippen molar-refractivity contribution in [2.24, 2.45) is 10.9 Å². The number of guanidine groups is 1. The zero-order chi connectivity index (χ0) is 19.0.